The third-order valence-corrected chi connectivity index (χ3v) is 4.97. The quantitative estimate of drug-likeness (QED) is 0.739. The Bertz CT molecular complexity index is 762. The Morgan fingerprint density at radius 1 is 0.889 bits per heavy atom. The highest BCUT2D eigenvalue weighted by molar-refractivity contribution is 5.85. The molecular weight excluding hydrogens is 342 g/mol. The third kappa shape index (κ3) is 4.67. The SMILES string of the molecule is C[C@]1(C(=O)OCc2ccccc2)CCCCN1C(=O)OCc1ccccc1. The smallest absolute Gasteiger partial charge is 0.411 e. The summed E-state index contributed by atoms with van der Waals surface area (Å²) in [6.07, 6.45) is 1.82. The van der Waals surface area contributed by atoms with Crippen LogP contribution in [-0.4, -0.2) is 29.0 Å². The molecule has 2 aromatic rings. The molecule has 1 saturated heterocycles. The van der Waals surface area contributed by atoms with Crippen molar-refractivity contribution in [2.24, 2.45) is 0 Å². The highest BCUT2D eigenvalue weighted by Crippen LogP contribution is 2.30. The third-order valence-electron chi connectivity index (χ3n) is 4.97. The van der Waals surface area contributed by atoms with Crippen molar-refractivity contribution in [3.63, 3.8) is 0 Å². The molecule has 0 radical (unpaired) electrons. The van der Waals surface area contributed by atoms with E-state index >= 15 is 0 Å². The maximum absolute atomic E-state index is 12.8. The molecule has 1 aliphatic rings. The van der Waals surface area contributed by atoms with Crippen molar-refractivity contribution in [3.8, 4) is 0 Å². The lowest BCUT2D eigenvalue weighted by molar-refractivity contribution is -0.160. The van der Waals surface area contributed by atoms with Gasteiger partial charge in [-0.3, -0.25) is 4.90 Å². The van der Waals surface area contributed by atoms with Gasteiger partial charge < -0.3 is 9.47 Å². The number of hydrogen-bond acceptors (Lipinski definition) is 4. The summed E-state index contributed by atoms with van der Waals surface area (Å²) >= 11 is 0. The number of piperidine rings is 1. The van der Waals surface area contributed by atoms with Crippen LogP contribution in [0.25, 0.3) is 0 Å². The lowest BCUT2D eigenvalue weighted by Gasteiger charge is -2.41. The fourth-order valence-electron chi connectivity index (χ4n) is 3.30. The fraction of sp³-hybridized carbons (Fsp3) is 0.364. The van der Waals surface area contributed by atoms with E-state index in [0.717, 1.165) is 24.0 Å². The van der Waals surface area contributed by atoms with E-state index in [9.17, 15) is 9.59 Å². The molecule has 5 heteroatoms. The number of likely N-dealkylation sites (tertiary alicyclic amines) is 1. The first-order valence-corrected chi connectivity index (χ1v) is 9.29. The predicted molar refractivity (Wildman–Crippen MR) is 102 cm³/mol. The summed E-state index contributed by atoms with van der Waals surface area (Å²) in [5.74, 6) is -0.386. The van der Waals surface area contributed by atoms with E-state index in [1.165, 1.54) is 4.90 Å². The van der Waals surface area contributed by atoms with E-state index < -0.39 is 11.6 Å². The topological polar surface area (TPSA) is 55.8 Å². The average molecular weight is 367 g/mol. The molecule has 0 bridgehead atoms. The van der Waals surface area contributed by atoms with E-state index in [0.29, 0.717) is 13.0 Å². The summed E-state index contributed by atoms with van der Waals surface area (Å²) in [6, 6.07) is 19.0. The summed E-state index contributed by atoms with van der Waals surface area (Å²) in [4.78, 5) is 27.0. The normalized spacial score (nSPS) is 19.4. The number of hydrogen-bond donors (Lipinski definition) is 0. The van der Waals surface area contributed by atoms with Crippen molar-refractivity contribution < 1.29 is 19.1 Å². The monoisotopic (exact) mass is 367 g/mol. The van der Waals surface area contributed by atoms with E-state index in [4.69, 9.17) is 9.47 Å². The Kier molecular flexibility index (Phi) is 6.12. The molecule has 1 aliphatic heterocycles. The first-order chi connectivity index (χ1) is 13.1. The van der Waals surface area contributed by atoms with Crippen LogP contribution in [0.15, 0.2) is 60.7 Å². The number of esters is 1. The molecule has 1 amide bonds. The van der Waals surface area contributed by atoms with Crippen molar-refractivity contribution in [1.29, 1.82) is 0 Å². The zero-order chi connectivity index (χ0) is 19.1. The number of ether oxygens (including phenoxy) is 2. The molecule has 0 unspecified atom stereocenters. The largest absolute Gasteiger partial charge is 0.459 e. The molecule has 0 N–H and O–H groups in total. The van der Waals surface area contributed by atoms with Crippen molar-refractivity contribution in [2.45, 2.75) is 44.9 Å². The average Bonchev–Trinajstić information content (AvgIpc) is 2.72. The molecule has 1 heterocycles. The van der Waals surface area contributed by atoms with Crippen LogP contribution in [0.3, 0.4) is 0 Å². The Balaban J connectivity index is 1.63. The standard InChI is InChI=1S/C22H25NO4/c1-22(20(24)26-16-18-10-4-2-5-11-18)14-8-9-15-23(22)21(25)27-17-19-12-6-3-7-13-19/h2-7,10-13H,8-9,14-17H2,1H3/t22-/m1/s1. The van der Waals surface area contributed by atoms with Crippen molar-refractivity contribution in [2.75, 3.05) is 6.54 Å². The minimum absolute atomic E-state index is 0.186. The molecule has 5 nitrogen and oxygen atoms in total. The molecule has 2 aromatic carbocycles. The van der Waals surface area contributed by atoms with Crippen molar-refractivity contribution in [1.82, 2.24) is 4.90 Å². The van der Waals surface area contributed by atoms with Gasteiger partial charge >= 0.3 is 12.1 Å². The van der Waals surface area contributed by atoms with Gasteiger partial charge in [0, 0.05) is 6.54 Å². The van der Waals surface area contributed by atoms with Gasteiger partial charge in [0.1, 0.15) is 18.8 Å². The van der Waals surface area contributed by atoms with E-state index in [2.05, 4.69) is 0 Å². The van der Waals surface area contributed by atoms with Crippen LogP contribution in [0.4, 0.5) is 4.79 Å². The van der Waals surface area contributed by atoms with Crippen LogP contribution in [0.2, 0.25) is 0 Å². The molecule has 1 fully saturated rings. The van der Waals surface area contributed by atoms with Crippen molar-refractivity contribution in [3.05, 3.63) is 71.8 Å². The second-order valence-corrected chi connectivity index (χ2v) is 6.98. The number of amides is 1. The highest BCUT2D eigenvalue weighted by Gasteiger charge is 2.46. The molecule has 0 spiro atoms. The Hall–Kier alpha value is -2.82. The molecule has 0 aromatic heterocycles. The van der Waals surface area contributed by atoms with Gasteiger partial charge in [-0.25, -0.2) is 9.59 Å². The first kappa shape index (κ1) is 19.0. The second kappa shape index (κ2) is 8.71. The van der Waals surface area contributed by atoms with Crippen LogP contribution in [0, 0.1) is 0 Å². The predicted octanol–water partition coefficient (Wildman–Crippen LogP) is 4.31. The second-order valence-electron chi connectivity index (χ2n) is 6.98. The van der Waals surface area contributed by atoms with E-state index in [1.807, 2.05) is 60.7 Å². The summed E-state index contributed by atoms with van der Waals surface area (Å²) < 4.78 is 11.0. The van der Waals surface area contributed by atoms with E-state index in [-0.39, 0.29) is 19.2 Å². The van der Waals surface area contributed by atoms with Crippen LogP contribution in [0.5, 0.6) is 0 Å². The van der Waals surface area contributed by atoms with Gasteiger partial charge in [-0.2, -0.15) is 0 Å². The molecule has 142 valence electrons. The zero-order valence-electron chi connectivity index (χ0n) is 15.6. The maximum atomic E-state index is 12.8. The minimum Gasteiger partial charge on any atom is -0.459 e. The molecule has 1 atom stereocenters. The van der Waals surface area contributed by atoms with Gasteiger partial charge in [0.2, 0.25) is 0 Å². The number of rotatable bonds is 5. The van der Waals surface area contributed by atoms with Crippen LogP contribution >= 0.6 is 0 Å². The summed E-state index contributed by atoms with van der Waals surface area (Å²) in [5.41, 5.74) is 0.834. The number of benzene rings is 2. The first-order valence-electron chi connectivity index (χ1n) is 9.29. The van der Waals surface area contributed by atoms with Crippen LogP contribution in [-0.2, 0) is 27.5 Å². The van der Waals surface area contributed by atoms with Gasteiger partial charge in [-0.1, -0.05) is 60.7 Å². The molecule has 3 rings (SSSR count). The highest BCUT2D eigenvalue weighted by atomic mass is 16.6. The lowest BCUT2D eigenvalue weighted by atomic mass is 9.89. The number of carbonyl (C=O) groups excluding carboxylic acids is 2. The van der Waals surface area contributed by atoms with Crippen LogP contribution in [0.1, 0.15) is 37.3 Å². The van der Waals surface area contributed by atoms with Gasteiger partial charge in [0.05, 0.1) is 0 Å². The summed E-state index contributed by atoms with van der Waals surface area (Å²) in [6.45, 7) is 2.64. The van der Waals surface area contributed by atoms with Crippen molar-refractivity contribution >= 4 is 12.1 Å². The van der Waals surface area contributed by atoms with Crippen LogP contribution < -0.4 is 0 Å². The fourth-order valence-corrected chi connectivity index (χ4v) is 3.30. The lowest BCUT2D eigenvalue weighted by Crippen LogP contribution is -2.58. The summed E-state index contributed by atoms with van der Waals surface area (Å²) in [5, 5.41) is 0. The minimum atomic E-state index is -0.999. The molecule has 0 aliphatic carbocycles. The van der Waals surface area contributed by atoms with E-state index in [1.54, 1.807) is 6.92 Å². The van der Waals surface area contributed by atoms with Gasteiger partial charge in [0.15, 0.2) is 0 Å². The van der Waals surface area contributed by atoms with Gasteiger partial charge in [0.25, 0.3) is 0 Å². The van der Waals surface area contributed by atoms with Gasteiger partial charge in [-0.15, -0.1) is 0 Å². The number of carbonyl (C=O) groups is 2. The Morgan fingerprint density at radius 3 is 2.04 bits per heavy atom. The summed E-state index contributed by atoms with van der Waals surface area (Å²) in [7, 11) is 0. The number of nitrogens with zero attached hydrogens (tertiary/aromatic N) is 1. The maximum Gasteiger partial charge on any atom is 0.411 e. The molecular formula is C22H25NO4. The van der Waals surface area contributed by atoms with Gasteiger partial charge in [-0.05, 0) is 37.3 Å². The molecule has 27 heavy (non-hydrogen) atoms. The Morgan fingerprint density at radius 2 is 1.44 bits per heavy atom. The zero-order valence-corrected chi connectivity index (χ0v) is 15.6. The Labute approximate surface area is 159 Å². The molecule has 0 saturated carbocycles.